The van der Waals surface area contributed by atoms with Gasteiger partial charge in [-0.25, -0.2) is 13.1 Å². The highest BCUT2D eigenvalue weighted by molar-refractivity contribution is 7.89. The fourth-order valence-corrected chi connectivity index (χ4v) is 3.86. The van der Waals surface area contributed by atoms with Gasteiger partial charge < -0.3 is 5.32 Å². The zero-order valence-electron chi connectivity index (χ0n) is 13.6. The van der Waals surface area contributed by atoms with Gasteiger partial charge in [0.1, 0.15) is 0 Å². The number of H-pyrrole nitrogens is 1. The molecule has 0 aliphatic carbocycles. The van der Waals surface area contributed by atoms with Crippen LogP contribution in [0.4, 0.5) is 5.82 Å². The van der Waals surface area contributed by atoms with Crippen molar-refractivity contribution in [3.8, 4) is 10.6 Å². The predicted molar refractivity (Wildman–Crippen MR) is 102 cm³/mol. The van der Waals surface area contributed by atoms with Gasteiger partial charge in [0.25, 0.3) is 5.91 Å². The first-order chi connectivity index (χ1) is 12.5. The van der Waals surface area contributed by atoms with Gasteiger partial charge in [-0.3, -0.25) is 9.89 Å². The monoisotopic (exact) mass is 388 g/mol. The molecule has 0 aliphatic rings. The molecule has 0 atom stereocenters. The number of anilines is 1. The number of hydrogen-bond acceptors (Lipinski definition) is 5. The first-order valence-electron chi connectivity index (χ1n) is 7.61. The smallest absolute Gasteiger partial charge is 0.256 e. The van der Waals surface area contributed by atoms with Gasteiger partial charge >= 0.3 is 0 Å². The summed E-state index contributed by atoms with van der Waals surface area (Å²) in [5.41, 5.74) is 1.14. The highest BCUT2D eigenvalue weighted by atomic mass is 32.2. The van der Waals surface area contributed by atoms with E-state index in [-0.39, 0.29) is 17.3 Å². The number of rotatable bonds is 7. The minimum absolute atomic E-state index is 0.0793. The van der Waals surface area contributed by atoms with Crippen molar-refractivity contribution in [1.82, 2.24) is 14.9 Å². The summed E-state index contributed by atoms with van der Waals surface area (Å²) in [5.74, 6) is 0.0139. The van der Waals surface area contributed by atoms with Crippen LogP contribution in [-0.2, 0) is 10.0 Å². The van der Waals surface area contributed by atoms with E-state index in [1.165, 1.54) is 30.3 Å². The van der Waals surface area contributed by atoms with Crippen LogP contribution >= 0.6 is 11.3 Å². The van der Waals surface area contributed by atoms with Crippen molar-refractivity contribution < 1.29 is 13.2 Å². The normalized spacial score (nSPS) is 11.2. The van der Waals surface area contributed by atoms with Crippen LogP contribution in [0.3, 0.4) is 0 Å². The molecule has 0 aliphatic heterocycles. The Morgan fingerprint density at radius 1 is 1.27 bits per heavy atom. The average Bonchev–Trinajstić information content (AvgIpc) is 3.31. The third-order valence-electron chi connectivity index (χ3n) is 3.45. The summed E-state index contributed by atoms with van der Waals surface area (Å²) in [4.78, 5) is 13.4. The number of nitrogens with one attached hydrogen (secondary N) is 3. The third-order valence-corrected chi connectivity index (χ3v) is 5.79. The van der Waals surface area contributed by atoms with Crippen LogP contribution in [0.5, 0.6) is 0 Å². The molecule has 0 fully saturated rings. The first kappa shape index (κ1) is 18.1. The molecule has 9 heteroatoms. The number of hydrogen-bond donors (Lipinski definition) is 3. The van der Waals surface area contributed by atoms with Crippen molar-refractivity contribution in [2.75, 3.05) is 11.9 Å². The van der Waals surface area contributed by atoms with Crippen molar-refractivity contribution in [2.45, 2.75) is 4.90 Å². The molecular weight excluding hydrogens is 372 g/mol. The zero-order valence-corrected chi connectivity index (χ0v) is 15.2. The molecule has 26 heavy (non-hydrogen) atoms. The molecule has 0 radical (unpaired) electrons. The van der Waals surface area contributed by atoms with Crippen molar-refractivity contribution in [3.05, 3.63) is 66.1 Å². The van der Waals surface area contributed by atoms with E-state index in [0.717, 1.165) is 10.6 Å². The van der Waals surface area contributed by atoms with Crippen LogP contribution in [0, 0.1) is 0 Å². The molecule has 0 saturated heterocycles. The first-order valence-corrected chi connectivity index (χ1v) is 9.97. The maximum Gasteiger partial charge on any atom is 0.256 e. The Morgan fingerprint density at radius 2 is 2.04 bits per heavy atom. The highest BCUT2D eigenvalue weighted by Crippen LogP contribution is 2.24. The van der Waals surface area contributed by atoms with Crippen LogP contribution in [0.25, 0.3) is 10.6 Å². The van der Waals surface area contributed by atoms with Crippen molar-refractivity contribution >= 4 is 33.1 Å². The maximum absolute atomic E-state index is 12.3. The predicted octanol–water partition coefficient (Wildman–Crippen LogP) is 2.85. The van der Waals surface area contributed by atoms with Gasteiger partial charge in [0.05, 0.1) is 15.5 Å². The Balaban J connectivity index is 1.70. The van der Waals surface area contributed by atoms with Gasteiger partial charge in [-0.1, -0.05) is 12.1 Å². The van der Waals surface area contributed by atoms with E-state index in [4.69, 9.17) is 0 Å². The standard InChI is InChI=1S/C17H16N4O3S2/c1-2-9-18-26(23,24)13-7-5-12(6-8-13)17(22)19-16-11-14(20-21-16)15-4-3-10-25-15/h2-8,10-11,18H,1,9H2,(H2,19,20,21,22). The van der Waals surface area contributed by atoms with E-state index in [2.05, 4.69) is 26.8 Å². The van der Waals surface area contributed by atoms with Gasteiger partial charge in [0, 0.05) is 18.2 Å². The summed E-state index contributed by atoms with van der Waals surface area (Å²) in [5, 5.41) is 11.6. The Bertz CT molecular complexity index is 1010. The molecule has 0 bridgehead atoms. The summed E-state index contributed by atoms with van der Waals surface area (Å²) >= 11 is 1.56. The number of benzene rings is 1. The summed E-state index contributed by atoms with van der Waals surface area (Å²) in [6.45, 7) is 3.60. The largest absolute Gasteiger partial charge is 0.305 e. The fourth-order valence-electron chi connectivity index (χ4n) is 2.17. The van der Waals surface area contributed by atoms with Gasteiger partial charge in [-0.15, -0.1) is 17.9 Å². The summed E-state index contributed by atoms with van der Waals surface area (Å²) < 4.78 is 26.4. The second-order valence-electron chi connectivity index (χ2n) is 5.26. The van der Waals surface area contributed by atoms with Crippen molar-refractivity contribution in [2.24, 2.45) is 0 Å². The maximum atomic E-state index is 12.3. The molecule has 0 saturated carbocycles. The minimum atomic E-state index is -3.61. The summed E-state index contributed by atoms with van der Waals surface area (Å²) in [7, 11) is -3.61. The van der Waals surface area contributed by atoms with E-state index < -0.39 is 10.0 Å². The van der Waals surface area contributed by atoms with Crippen LogP contribution in [0.1, 0.15) is 10.4 Å². The van der Waals surface area contributed by atoms with E-state index in [0.29, 0.717) is 11.4 Å². The number of nitrogens with zero attached hydrogens (tertiary/aromatic N) is 1. The Hall–Kier alpha value is -2.75. The molecule has 3 N–H and O–H groups in total. The second kappa shape index (κ2) is 7.65. The number of carbonyl (C=O) groups is 1. The second-order valence-corrected chi connectivity index (χ2v) is 7.98. The summed E-state index contributed by atoms with van der Waals surface area (Å²) in [6.07, 6.45) is 1.45. The molecule has 1 aromatic carbocycles. The molecule has 3 rings (SSSR count). The molecule has 2 aromatic heterocycles. The molecule has 2 heterocycles. The van der Waals surface area contributed by atoms with E-state index in [1.807, 2.05) is 17.5 Å². The van der Waals surface area contributed by atoms with Gasteiger partial charge in [0.15, 0.2) is 5.82 Å². The number of sulfonamides is 1. The van der Waals surface area contributed by atoms with Gasteiger partial charge in [0.2, 0.25) is 10.0 Å². The van der Waals surface area contributed by atoms with Crippen LogP contribution < -0.4 is 10.0 Å². The lowest BCUT2D eigenvalue weighted by atomic mass is 10.2. The molecular formula is C17H16N4O3S2. The Kier molecular flexibility index (Phi) is 5.31. The number of aromatic nitrogens is 2. The van der Waals surface area contributed by atoms with Crippen LogP contribution in [0.2, 0.25) is 0 Å². The molecule has 7 nitrogen and oxygen atoms in total. The third kappa shape index (κ3) is 4.07. The quantitative estimate of drug-likeness (QED) is 0.541. The van der Waals surface area contributed by atoms with Crippen molar-refractivity contribution in [1.29, 1.82) is 0 Å². The Morgan fingerprint density at radius 3 is 2.69 bits per heavy atom. The lowest BCUT2D eigenvalue weighted by Crippen LogP contribution is -2.23. The van der Waals surface area contributed by atoms with E-state index in [9.17, 15) is 13.2 Å². The fraction of sp³-hybridized carbons (Fsp3) is 0.0588. The summed E-state index contributed by atoms with van der Waals surface area (Å²) in [6, 6.07) is 11.3. The SMILES string of the molecule is C=CCNS(=O)(=O)c1ccc(C(=O)Nc2cc(-c3cccs3)[nH]n2)cc1. The number of amides is 1. The molecule has 1 amide bonds. The molecule has 134 valence electrons. The zero-order chi connectivity index (χ0) is 18.6. The molecule has 0 spiro atoms. The molecule has 0 unspecified atom stereocenters. The highest BCUT2D eigenvalue weighted by Gasteiger charge is 2.15. The van der Waals surface area contributed by atoms with Gasteiger partial charge in [-0.05, 0) is 35.7 Å². The van der Waals surface area contributed by atoms with E-state index >= 15 is 0 Å². The number of carbonyl (C=O) groups excluding carboxylic acids is 1. The minimum Gasteiger partial charge on any atom is -0.305 e. The lowest BCUT2D eigenvalue weighted by molar-refractivity contribution is 0.102. The van der Waals surface area contributed by atoms with Crippen LogP contribution in [-0.4, -0.2) is 31.1 Å². The van der Waals surface area contributed by atoms with E-state index in [1.54, 1.807) is 17.4 Å². The lowest BCUT2D eigenvalue weighted by Gasteiger charge is -2.06. The van der Waals surface area contributed by atoms with Crippen molar-refractivity contribution in [3.63, 3.8) is 0 Å². The average molecular weight is 388 g/mol. The molecule has 3 aromatic rings. The topological polar surface area (TPSA) is 104 Å². The number of aromatic amines is 1. The Labute approximate surface area is 154 Å². The van der Waals surface area contributed by atoms with Crippen LogP contribution in [0.15, 0.2) is 65.4 Å². The van der Waals surface area contributed by atoms with Gasteiger partial charge in [-0.2, -0.15) is 5.10 Å². The number of thiophene rings is 1.